The van der Waals surface area contributed by atoms with Crippen LogP contribution in [0.5, 0.6) is 5.75 Å². The van der Waals surface area contributed by atoms with Crippen LogP contribution >= 0.6 is 0 Å². The van der Waals surface area contributed by atoms with E-state index in [1.807, 2.05) is 27.7 Å². The van der Waals surface area contributed by atoms with Crippen molar-refractivity contribution in [1.82, 2.24) is 15.5 Å². The van der Waals surface area contributed by atoms with E-state index in [-0.39, 0.29) is 29.5 Å². The number of phenolic OH excluding ortho intramolecular Hbond substituents is 1. The average Bonchev–Trinajstić information content (AvgIpc) is 2.82. The largest absolute Gasteiger partial charge is 0.508 e. The van der Waals surface area contributed by atoms with Crippen molar-refractivity contribution >= 4 is 17.9 Å². The predicted molar refractivity (Wildman–Crippen MR) is 152 cm³/mol. The van der Waals surface area contributed by atoms with E-state index in [1.165, 1.54) is 18.6 Å². The van der Waals surface area contributed by atoms with Gasteiger partial charge in [0, 0.05) is 12.6 Å². The fourth-order valence-electron chi connectivity index (χ4n) is 4.22. The molecule has 3 unspecified atom stereocenters. The third-order valence-corrected chi connectivity index (χ3v) is 6.39. The normalized spacial score (nSPS) is 13.9. The van der Waals surface area contributed by atoms with Gasteiger partial charge in [-0.05, 0) is 64.7 Å². The Balaban J connectivity index is 3.43. The third kappa shape index (κ3) is 11.7. The molecule has 1 rings (SSSR count). The van der Waals surface area contributed by atoms with Crippen molar-refractivity contribution in [1.29, 1.82) is 0 Å². The first-order chi connectivity index (χ1) is 17.8. The molecule has 0 aromatic heterocycles. The summed E-state index contributed by atoms with van der Waals surface area (Å²) in [4.78, 5) is 42.1. The summed E-state index contributed by atoms with van der Waals surface area (Å²) in [5, 5.41) is 15.6. The second-order valence-corrected chi connectivity index (χ2v) is 11.5. The summed E-state index contributed by atoms with van der Waals surface area (Å²) in [6.45, 7) is 15.5. The van der Waals surface area contributed by atoms with Crippen LogP contribution < -0.4 is 10.6 Å². The number of rotatable bonds is 15. The summed E-state index contributed by atoms with van der Waals surface area (Å²) < 4.78 is 5.46. The summed E-state index contributed by atoms with van der Waals surface area (Å²) in [6, 6.07) is 4.47. The Morgan fingerprint density at radius 2 is 1.50 bits per heavy atom. The van der Waals surface area contributed by atoms with E-state index in [4.69, 9.17) is 4.74 Å². The Kier molecular flexibility index (Phi) is 14.2. The SMILES string of the molecule is CCCCCCCCN(C(=O)C(NC(=O)OC(C)(C)C)C(C)CC)C(C(=O)NC(C)C)c1ccc(O)cc1. The molecule has 0 radical (unpaired) electrons. The van der Waals surface area contributed by atoms with Crippen LogP contribution in [-0.4, -0.2) is 52.1 Å². The Labute approximate surface area is 229 Å². The lowest BCUT2D eigenvalue weighted by Crippen LogP contribution is -2.55. The van der Waals surface area contributed by atoms with Gasteiger partial charge in [-0.1, -0.05) is 71.4 Å². The molecule has 0 aliphatic heterocycles. The number of alkyl carbamates (subject to hydrolysis) is 1. The van der Waals surface area contributed by atoms with Crippen LogP contribution in [0.15, 0.2) is 24.3 Å². The van der Waals surface area contributed by atoms with E-state index < -0.39 is 23.8 Å². The maximum Gasteiger partial charge on any atom is 0.408 e. The molecule has 0 aliphatic rings. The standard InChI is InChI=1S/C30H51N3O5/c1-9-11-12-13-14-15-20-33(26(27(35)31-21(3)4)23-16-18-24(34)19-17-23)28(36)25(22(5)10-2)32-29(37)38-30(6,7)8/h16-19,21-22,25-26,34H,9-15,20H2,1-8H3,(H,31,35)(H,32,37). The highest BCUT2D eigenvalue weighted by Gasteiger charge is 2.38. The van der Waals surface area contributed by atoms with Crippen molar-refractivity contribution in [2.45, 2.75) is 124 Å². The first-order valence-corrected chi connectivity index (χ1v) is 14.2. The molecule has 38 heavy (non-hydrogen) atoms. The smallest absolute Gasteiger partial charge is 0.408 e. The molecule has 0 aliphatic carbocycles. The minimum absolute atomic E-state index is 0.0784. The lowest BCUT2D eigenvalue weighted by atomic mass is 9.95. The number of benzene rings is 1. The Hall–Kier alpha value is -2.77. The molecule has 0 heterocycles. The molecule has 0 saturated carbocycles. The quantitative estimate of drug-likeness (QED) is 0.237. The molecule has 1 aromatic carbocycles. The van der Waals surface area contributed by atoms with E-state index in [1.54, 1.807) is 37.8 Å². The van der Waals surface area contributed by atoms with Gasteiger partial charge in [0.15, 0.2) is 0 Å². The first kappa shape index (κ1) is 33.3. The molecule has 3 atom stereocenters. The highest BCUT2D eigenvalue weighted by Crippen LogP contribution is 2.27. The molecular weight excluding hydrogens is 482 g/mol. The third-order valence-electron chi connectivity index (χ3n) is 6.39. The Morgan fingerprint density at radius 3 is 2.03 bits per heavy atom. The van der Waals surface area contributed by atoms with Crippen molar-refractivity contribution in [2.75, 3.05) is 6.54 Å². The molecule has 8 nitrogen and oxygen atoms in total. The molecule has 8 heteroatoms. The molecule has 3 amide bonds. The van der Waals surface area contributed by atoms with E-state index in [0.717, 1.165) is 32.1 Å². The van der Waals surface area contributed by atoms with E-state index in [2.05, 4.69) is 17.6 Å². The number of hydrogen-bond acceptors (Lipinski definition) is 5. The number of hydrogen-bond donors (Lipinski definition) is 3. The summed E-state index contributed by atoms with van der Waals surface area (Å²) in [5.74, 6) is -0.730. The monoisotopic (exact) mass is 533 g/mol. The summed E-state index contributed by atoms with van der Waals surface area (Å²) in [5.41, 5.74) is -0.114. The lowest BCUT2D eigenvalue weighted by Gasteiger charge is -2.36. The minimum atomic E-state index is -0.909. The fourth-order valence-corrected chi connectivity index (χ4v) is 4.22. The van der Waals surface area contributed by atoms with Crippen LogP contribution in [0.1, 0.15) is 112 Å². The number of nitrogens with one attached hydrogen (secondary N) is 2. The molecule has 0 saturated heterocycles. The summed E-state index contributed by atoms with van der Waals surface area (Å²) in [6.07, 6.45) is 6.17. The van der Waals surface area contributed by atoms with Crippen LogP contribution in [0, 0.1) is 5.92 Å². The second-order valence-electron chi connectivity index (χ2n) is 11.5. The van der Waals surface area contributed by atoms with Gasteiger partial charge in [0.25, 0.3) is 0 Å². The van der Waals surface area contributed by atoms with Gasteiger partial charge in [-0.3, -0.25) is 9.59 Å². The van der Waals surface area contributed by atoms with Gasteiger partial charge in [-0.15, -0.1) is 0 Å². The number of aromatic hydroxyl groups is 1. The van der Waals surface area contributed by atoms with Gasteiger partial charge >= 0.3 is 6.09 Å². The zero-order valence-corrected chi connectivity index (χ0v) is 24.8. The summed E-state index contributed by atoms with van der Waals surface area (Å²) >= 11 is 0. The average molecular weight is 534 g/mol. The van der Waals surface area contributed by atoms with Crippen LogP contribution in [-0.2, 0) is 14.3 Å². The molecule has 3 N–H and O–H groups in total. The number of unbranched alkanes of at least 4 members (excludes halogenated alkanes) is 5. The maximum absolute atomic E-state index is 14.2. The van der Waals surface area contributed by atoms with E-state index >= 15 is 0 Å². The van der Waals surface area contributed by atoms with E-state index in [9.17, 15) is 19.5 Å². The molecule has 1 aromatic rings. The lowest BCUT2D eigenvalue weighted by molar-refractivity contribution is -0.143. The van der Waals surface area contributed by atoms with Gasteiger partial charge < -0.3 is 25.4 Å². The maximum atomic E-state index is 14.2. The van der Waals surface area contributed by atoms with E-state index in [0.29, 0.717) is 18.5 Å². The van der Waals surface area contributed by atoms with Crippen molar-refractivity contribution < 1.29 is 24.2 Å². The Bertz CT molecular complexity index is 864. The fraction of sp³-hybridized carbons (Fsp3) is 0.700. The molecule has 216 valence electrons. The van der Waals surface area contributed by atoms with Crippen molar-refractivity contribution in [2.24, 2.45) is 5.92 Å². The molecule has 0 fully saturated rings. The Morgan fingerprint density at radius 1 is 0.921 bits per heavy atom. The van der Waals surface area contributed by atoms with Crippen molar-refractivity contribution in [3.05, 3.63) is 29.8 Å². The zero-order chi connectivity index (χ0) is 28.9. The van der Waals surface area contributed by atoms with Crippen LogP contribution in [0.3, 0.4) is 0 Å². The number of carbonyl (C=O) groups excluding carboxylic acids is 3. The van der Waals surface area contributed by atoms with Crippen LogP contribution in [0.2, 0.25) is 0 Å². The summed E-state index contributed by atoms with van der Waals surface area (Å²) in [7, 11) is 0. The number of phenols is 1. The second kappa shape index (κ2) is 16.2. The highest BCUT2D eigenvalue weighted by molar-refractivity contribution is 5.92. The highest BCUT2D eigenvalue weighted by atomic mass is 16.6. The van der Waals surface area contributed by atoms with Crippen molar-refractivity contribution in [3.63, 3.8) is 0 Å². The minimum Gasteiger partial charge on any atom is -0.508 e. The zero-order valence-electron chi connectivity index (χ0n) is 24.8. The number of amides is 3. The number of ether oxygens (including phenoxy) is 1. The van der Waals surface area contributed by atoms with Crippen molar-refractivity contribution in [3.8, 4) is 5.75 Å². The molecule has 0 spiro atoms. The predicted octanol–water partition coefficient (Wildman–Crippen LogP) is 6.09. The first-order valence-electron chi connectivity index (χ1n) is 14.2. The van der Waals surface area contributed by atoms with Gasteiger partial charge in [-0.2, -0.15) is 0 Å². The number of carbonyl (C=O) groups is 3. The van der Waals surface area contributed by atoms with Crippen LogP contribution in [0.25, 0.3) is 0 Å². The van der Waals surface area contributed by atoms with Gasteiger partial charge in [0.05, 0.1) is 0 Å². The molecule has 0 bridgehead atoms. The van der Waals surface area contributed by atoms with Gasteiger partial charge in [-0.25, -0.2) is 4.79 Å². The van der Waals surface area contributed by atoms with Crippen LogP contribution in [0.4, 0.5) is 4.79 Å². The van der Waals surface area contributed by atoms with Gasteiger partial charge in [0.1, 0.15) is 23.4 Å². The number of nitrogens with zero attached hydrogens (tertiary/aromatic N) is 1. The topological polar surface area (TPSA) is 108 Å². The van der Waals surface area contributed by atoms with Gasteiger partial charge in [0.2, 0.25) is 11.8 Å². The molecular formula is C30H51N3O5.